The molecule has 0 aliphatic carbocycles. The van der Waals surface area contributed by atoms with Crippen LogP contribution in [-0.2, 0) is 23.8 Å². The summed E-state index contributed by atoms with van der Waals surface area (Å²) in [7, 11) is 1.31. The SMILES string of the molecule is COC(=O)c1ccc(C2C(C(=O)OC(C)(C)C)=C(C)NC(C)=C2C(=O)OC(C)(C)C)cc1. The molecular formula is C25H33NO6. The van der Waals surface area contributed by atoms with Gasteiger partial charge in [-0.2, -0.15) is 0 Å². The lowest BCUT2D eigenvalue weighted by atomic mass is 9.80. The molecule has 0 bridgehead atoms. The highest BCUT2D eigenvalue weighted by molar-refractivity contribution is 6.00. The van der Waals surface area contributed by atoms with Crippen molar-refractivity contribution in [1.29, 1.82) is 0 Å². The van der Waals surface area contributed by atoms with Crippen LogP contribution in [0.2, 0.25) is 0 Å². The van der Waals surface area contributed by atoms with E-state index in [1.54, 1.807) is 79.7 Å². The Morgan fingerprint density at radius 2 is 1.16 bits per heavy atom. The number of ether oxygens (including phenoxy) is 3. The van der Waals surface area contributed by atoms with Crippen LogP contribution >= 0.6 is 0 Å². The fourth-order valence-electron chi connectivity index (χ4n) is 3.46. The van der Waals surface area contributed by atoms with Crippen molar-refractivity contribution in [2.75, 3.05) is 7.11 Å². The van der Waals surface area contributed by atoms with E-state index in [1.807, 2.05) is 0 Å². The first-order chi connectivity index (χ1) is 14.6. The van der Waals surface area contributed by atoms with Crippen LogP contribution in [0.3, 0.4) is 0 Å². The summed E-state index contributed by atoms with van der Waals surface area (Å²) in [4.78, 5) is 38.3. The normalized spacial score (nSPS) is 15.3. The van der Waals surface area contributed by atoms with Gasteiger partial charge in [-0.05, 0) is 73.1 Å². The molecule has 0 unspecified atom stereocenters. The highest BCUT2D eigenvalue weighted by Gasteiger charge is 2.40. The molecule has 2 rings (SSSR count). The number of carbonyl (C=O) groups is 3. The average molecular weight is 444 g/mol. The van der Waals surface area contributed by atoms with E-state index < -0.39 is 35.0 Å². The largest absolute Gasteiger partial charge is 0.465 e. The van der Waals surface area contributed by atoms with Crippen molar-refractivity contribution in [3.63, 3.8) is 0 Å². The minimum atomic E-state index is -0.729. The fraction of sp³-hybridized carbons (Fsp3) is 0.480. The number of rotatable bonds is 4. The molecule has 1 aliphatic heterocycles. The zero-order chi connectivity index (χ0) is 24.4. The molecule has 0 fully saturated rings. The number of nitrogens with one attached hydrogen (secondary N) is 1. The van der Waals surface area contributed by atoms with E-state index in [0.29, 0.717) is 33.7 Å². The van der Waals surface area contributed by atoms with Crippen LogP contribution in [0.1, 0.15) is 77.2 Å². The van der Waals surface area contributed by atoms with Gasteiger partial charge in [0.15, 0.2) is 0 Å². The lowest BCUT2D eigenvalue weighted by molar-refractivity contribution is -0.150. The summed E-state index contributed by atoms with van der Waals surface area (Å²) >= 11 is 0. The Morgan fingerprint density at radius 3 is 1.50 bits per heavy atom. The molecular weight excluding hydrogens is 410 g/mol. The third-order valence-corrected chi connectivity index (χ3v) is 4.66. The minimum absolute atomic E-state index is 0.317. The van der Waals surface area contributed by atoms with Crippen molar-refractivity contribution in [3.8, 4) is 0 Å². The van der Waals surface area contributed by atoms with Crippen molar-refractivity contribution >= 4 is 17.9 Å². The maximum Gasteiger partial charge on any atom is 0.337 e. The van der Waals surface area contributed by atoms with Gasteiger partial charge in [-0.3, -0.25) is 0 Å². The Morgan fingerprint density at radius 1 is 0.750 bits per heavy atom. The van der Waals surface area contributed by atoms with Gasteiger partial charge in [-0.15, -0.1) is 0 Å². The van der Waals surface area contributed by atoms with E-state index in [2.05, 4.69) is 5.32 Å². The first kappa shape index (κ1) is 25.2. The van der Waals surface area contributed by atoms with Gasteiger partial charge in [0.25, 0.3) is 0 Å². The molecule has 0 atom stereocenters. The van der Waals surface area contributed by atoms with Crippen molar-refractivity contribution in [1.82, 2.24) is 5.32 Å². The summed E-state index contributed by atoms with van der Waals surface area (Å²) in [6.45, 7) is 14.2. The van der Waals surface area contributed by atoms with Crippen LogP contribution in [0.4, 0.5) is 0 Å². The van der Waals surface area contributed by atoms with E-state index in [1.165, 1.54) is 7.11 Å². The highest BCUT2D eigenvalue weighted by Crippen LogP contribution is 2.40. The Hall–Kier alpha value is -3.09. The van der Waals surface area contributed by atoms with Gasteiger partial charge in [-0.1, -0.05) is 12.1 Å². The zero-order valence-electron chi connectivity index (χ0n) is 20.3. The minimum Gasteiger partial charge on any atom is -0.465 e. The smallest absolute Gasteiger partial charge is 0.337 e. The van der Waals surface area contributed by atoms with Gasteiger partial charge in [0.05, 0.1) is 29.7 Å². The first-order valence-corrected chi connectivity index (χ1v) is 10.5. The summed E-state index contributed by atoms with van der Waals surface area (Å²) in [6, 6.07) is 6.62. The Labute approximate surface area is 189 Å². The van der Waals surface area contributed by atoms with Crippen LogP contribution in [-0.4, -0.2) is 36.2 Å². The number of esters is 3. The number of hydrogen-bond acceptors (Lipinski definition) is 7. The quantitative estimate of drug-likeness (QED) is 0.545. The number of dihydropyridines is 1. The third-order valence-electron chi connectivity index (χ3n) is 4.66. The molecule has 32 heavy (non-hydrogen) atoms. The Balaban J connectivity index is 2.65. The van der Waals surface area contributed by atoms with E-state index in [9.17, 15) is 14.4 Å². The van der Waals surface area contributed by atoms with Crippen molar-refractivity contribution in [2.24, 2.45) is 0 Å². The summed E-state index contributed by atoms with van der Waals surface area (Å²) in [6.07, 6.45) is 0. The van der Waals surface area contributed by atoms with Crippen molar-refractivity contribution < 1.29 is 28.6 Å². The third kappa shape index (κ3) is 5.99. The highest BCUT2D eigenvalue weighted by atomic mass is 16.6. The van der Waals surface area contributed by atoms with Crippen LogP contribution in [0.25, 0.3) is 0 Å². The molecule has 0 saturated heterocycles. The second-order valence-corrected chi connectivity index (χ2v) is 9.75. The summed E-state index contributed by atoms with van der Waals surface area (Å²) < 4.78 is 16.1. The molecule has 1 N–H and O–H groups in total. The van der Waals surface area contributed by atoms with Gasteiger partial charge in [0, 0.05) is 11.4 Å². The molecule has 174 valence electrons. The second-order valence-electron chi connectivity index (χ2n) is 9.75. The van der Waals surface area contributed by atoms with Gasteiger partial charge in [-0.25, -0.2) is 14.4 Å². The summed E-state index contributed by atoms with van der Waals surface area (Å²) in [5, 5.41) is 3.13. The number of carbonyl (C=O) groups excluding carboxylic acids is 3. The van der Waals surface area contributed by atoms with Crippen molar-refractivity contribution in [2.45, 2.75) is 72.5 Å². The van der Waals surface area contributed by atoms with E-state index in [4.69, 9.17) is 14.2 Å². The molecule has 0 radical (unpaired) electrons. The lowest BCUT2D eigenvalue weighted by Crippen LogP contribution is -2.36. The lowest BCUT2D eigenvalue weighted by Gasteiger charge is -2.33. The molecule has 1 aromatic carbocycles. The van der Waals surface area contributed by atoms with E-state index in [0.717, 1.165) is 0 Å². The van der Waals surface area contributed by atoms with Gasteiger partial charge in [0.2, 0.25) is 0 Å². The molecule has 1 heterocycles. The Kier molecular flexibility index (Phi) is 7.23. The molecule has 1 aliphatic rings. The van der Waals surface area contributed by atoms with Crippen LogP contribution in [0.5, 0.6) is 0 Å². The molecule has 1 aromatic rings. The monoisotopic (exact) mass is 443 g/mol. The summed E-state index contributed by atoms with van der Waals surface area (Å²) in [5.74, 6) is -2.26. The fourth-order valence-corrected chi connectivity index (χ4v) is 3.46. The molecule has 0 saturated carbocycles. The predicted molar refractivity (Wildman–Crippen MR) is 121 cm³/mol. The molecule has 7 heteroatoms. The van der Waals surface area contributed by atoms with Gasteiger partial charge >= 0.3 is 17.9 Å². The topological polar surface area (TPSA) is 90.9 Å². The molecule has 0 amide bonds. The predicted octanol–water partition coefficient (Wildman–Crippen LogP) is 4.39. The number of benzene rings is 1. The number of hydrogen-bond donors (Lipinski definition) is 1. The van der Waals surface area contributed by atoms with Gasteiger partial charge < -0.3 is 19.5 Å². The first-order valence-electron chi connectivity index (χ1n) is 10.5. The molecule has 0 spiro atoms. The molecule has 7 nitrogen and oxygen atoms in total. The van der Waals surface area contributed by atoms with E-state index >= 15 is 0 Å². The standard InChI is InChI=1S/C25H33NO6/c1-14-18(22(28)31-24(3,4)5)20(16-10-12-17(13-11-16)21(27)30-9)19(15(2)26-14)23(29)32-25(6,7)8/h10-13,20,26H,1-9H3. The average Bonchev–Trinajstić information content (AvgIpc) is 2.63. The number of methoxy groups -OCH3 is 1. The maximum absolute atomic E-state index is 13.2. The molecule has 0 aromatic heterocycles. The summed E-state index contributed by atoms with van der Waals surface area (Å²) in [5.41, 5.74) is 1.40. The van der Waals surface area contributed by atoms with Crippen LogP contribution in [0, 0.1) is 0 Å². The second kappa shape index (κ2) is 9.18. The Bertz CT molecular complexity index is 921. The van der Waals surface area contributed by atoms with Crippen LogP contribution < -0.4 is 5.32 Å². The maximum atomic E-state index is 13.2. The van der Waals surface area contributed by atoms with Crippen LogP contribution in [0.15, 0.2) is 46.8 Å². The zero-order valence-corrected chi connectivity index (χ0v) is 20.3. The number of allylic oxidation sites excluding steroid dienone is 2. The van der Waals surface area contributed by atoms with Crippen molar-refractivity contribution in [3.05, 3.63) is 57.9 Å². The van der Waals surface area contributed by atoms with E-state index in [-0.39, 0.29) is 0 Å². The van der Waals surface area contributed by atoms with Gasteiger partial charge in [0.1, 0.15) is 11.2 Å².